The molecule has 1 aliphatic rings. The molecule has 1 saturated heterocycles. The number of carbonyl (C=O) groups is 1. The van der Waals surface area contributed by atoms with Gasteiger partial charge in [0.1, 0.15) is 5.75 Å². The number of benzene rings is 1. The lowest BCUT2D eigenvalue weighted by Crippen LogP contribution is -2.49. The molecule has 25 heavy (non-hydrogen) atoms. The number of amides is 1. The van der Waals surface area contributed by atoms with Crippen molar-refractivity contribution in [1.29, 1.82) is 0 Å². The fourth-order valence-corrected chi connectivity index (χ4v) is 2.77. The van der Waals surface area contributed by atoms with E-state index in [0.29, 0.717) is 19.0 Å². The molecule has 0 bridgehead atoms. The molecular formula is C18H23F3N2O2. The van der Waals surface area contributed by atoms with E-state index in [2.05, 4.69) is 23.5 Å². The van der Waals surface area contributed by atoms with Crippen molar-refractivity contribution < 1.29 is 22.7 Å². The summed E-state index contributed by atoms with van der Waals surface area (Å²) in [6.45, 7) is 8.17. The number of ether oxygens (including phenoxy) is 1. The first-order valence-corrected chi connectivity index (χ1v) is 8.29. The lowest BCUT2D eigenvalue weighted by Gasteiger charge is -2.35. The van der Waals surface area contributed by atoms with Gasteiger partial charge in [-0.25, -0.2) is 0 Å². The lowest BCUT2D eigenvalue weighted by atomic mass is 10.1. The first-order chi connectivity index (χ1) is 11.7. The Morgan fingerprint density at radius 1 is 1.20 bits per heavy atom. The number of rotatable bonds is 5. The number of nitrogens with zero attached hydrogens (tertiary/aromatic N) is 2. The minimum atomic E-state index is -4.76. The molecule has 4 nitrogen and oxygen atoms in total. The van der Waals surface area contributed by atoms with Crippen LogP contribution in [0.4, 0.5) is 13.2 Å². The first-order valence-electron chi connectivity index (χ1n) is 8.29. The fourth-order valence-electron chi connectivity index (χ4n) is 2.77. The van der Waals surface area contributed by atoms with Crippen molar-refractivity contribution in [3.8, 4) is 5.75 Å². The van der Waals surface area contributed by atoms with Gasteiger partial charge in [0.05, 0.1) is 0 Å². The Hall–Kier alpha value is -2.02. The van der Waals surface area contributed by atoms with Crippen LogP contribution in [0, 0.1) is 5.92 Å². The second kappa shape index (κ2) is 8.38. The minimum Gasteiger partial charge on any atom is -0.405 e. The average Bonchev–Trinajstić information content (AvgIpc) is 2.52. The van der Waals surface area contributed by atoms with Crippen LogP contribution in [-0.4, -0.2) is 54.8 Å². The zero-order valence-corrected chi connectivity index (χ0v) is 14.4. The van der Waals surface area contributed by atoms with E-state index >= 15 is 0 Å². The Morgan fingerprint density at radius 3 is 2.44 bits per heavy atom. The average molecular weight is 356 g/mol. The third-order valence-corrected chi connectivity index (χ3v) is 3.86. The van der Waals surface area contributed by atoms with Gasteiger partial charge >= 0.3 is 6.36 Å². The normalized spacial score (nSPS) is 16.6. The SMILES string of the molecule is CC(C)CN1CCN(C(=O)/C=C/c2ccccc2OC(F)(F)F)CC1. The Kier molecular flexibility index (Phi) is 6.47. The van der Waals surface area contributed by atoms with Gasteiger partial charge in [0, 0.05) is 44.4 Å². The van der Waals surface area contributed by atoms with Crippen molar-refractivity contribution in [1.82, 2.24) is 9.80 Å². The molecule has 0 radical (unpaired) electrons. The summed E-state index contributed by atoms with van der Waals surface area (Å²) >= 11 is 0. The van der Waals surface area contributed by atoms with E-state index in [1.54, 1.807) is 11.0 Å². The van der Waals surface area contributed by atoms with Crippen molar-refractivity contribution in [2.24, 2.45) is 5.92 Å². The third kappa shape index (κ3) is 6.42. The van der Waals surface area contributed by atoms with Gasteiger partial charge < -0.3 is 9.64 Å². The van der Waals surface area contributed by atoms with Gasteiger partial charge in [-0.3, -0.25) is 9.69 Å². The predicted octanol–water partition coefficient (Wildman–Crippen LogP) is 3.40. The molecular weight excluding hydrogens is 333 g/mol. The summed E-state index contributed by atoms with van der Waals surface area (Å²) in [4.78, 5) is 16.3. The van der Waals surface area contributed by atoms with Crippen LogP contribution in [0.25, 0.3) is 6.08 Å². The Labute approximate surface area is 145 Å². The minimum absolute atomic E-state index is 0.203. The highest BCUT2D eigenvalue weighted by molar-refractivity contribution is 5.92. The smallest absolute Gasteiger partial charge is 0.405 e. The van der Waals surface area contributed by atoms with Crippen molar-refractivity contribution in [2.75, 3.05) is 32.7 Å². The summed E-state index contributed by atoms with van der Waals surface area (Å²) in [7, 11) is 0. The molecule has 0 atom stereocenters. The van der Waals surface area contributed by atoms with Crippen molar-refractivity contribution in [3.05, 3.63) is 35.9 Å². The van der Waals surface area contributed by atoms with E-state index in [1.165, 1.54) is 30.4 Å². The van der Waals surface area contributed by atoms with E-state index in [1.807, 2.05) is 0 Å². The summed E-state index contributed by atoms with van der Waals surface area (Å²) in [6, 6.07) is 5.75. The van der Waals surface area contributed by atoms with Crippen LogP contribution in [-0.2, 0) is 4.79 Å². The highest BCUT2D eigenvalue weighted by atomic mass is 19.4. The van der Waals surface area contributed by atoms with Gasteiger partial charge in [-0.05, 0) is 18.1 Å². The maximum absolute atomic E-state index is 12.4. The second-order valence-corrected chi connectivity index (χ2v) is 6.44. The maximum Gasteiger partial charge on any atom is 0.573 e. The van der Waals surface area contributed by atoms with E-state index in [-0.39, 0.29) is 17.2 Å². The number of carbonyl (C=O) groups excluding carboxylic acids is 1. The zero-order valence-electron chi connectivity index (χ0n) is 14.4. The Morgan fingerprint density at radius 2 is 1.84 bits per heavy atom. The number of hydrogen-bond donors (Lipinski definition) is 0. The summed E-state index contributed by atoms with van der Waals surface area (Å²) in [6.07, 6.45) is -2.10. The molecule has 1 fully saturated rings. The van der Waals surface area contributed by atoms with Crippen molar-refractivity contribution in [3.63, 3.8) is 0 Å². The summed E-state index contributed by atoms with van der Waals surface area (Å²) in [5.41, 5.74) is 0.214. The number of para-hydroxylation sites is 1. The van der Waals surface area contributed by atoms with Crippen LogP contribution in [0.2, 0.25) is 0 Å². The molecule has 0 saturated carbocycles. The van der Waals surface area contributed by atoms with Gasteiger partial charge in [0.15, 0.2) is 0 Å². The predicted molar refractivity (Wildman–Crippen MR) is 90.0 cm³/mol. The first kappa shape index (κ1) is 19.3. The standard InChI is InChI=1S/C18H23F3N2O2/c1-14(2)13-22-9-11-23(12-10-22)17(24)8-7-15-5-3-4-6-16(15)25-18(19,20)21/h3-8,14H,9-13H2,1-2H3/b8-7+. The molecule has 0 spiro atoms. The van der Waals surface area contributed by atoms with Crippen LogP contribution in [0.5, 0.6) is 5.75 Å². The van der Waals surface area contributed by atoms with Gasteiger partial charge in [-0.2, -0.15) is 0 Å². The molecule has 0 aliphatic carbocycles. The largest absolute Gasteiger partial charge is 0.573 e. The number of alkyl halides is 3. The van der Waals surface area contributed by atoms with Gasteiger partial charge in [0.2, 0.25) is 5.91 Å². The molecule has 7 heteroatoms. The van der Waals surface area contributed by atoms with E-state index in [0.717, 1.165) is 19.6 Å². The number of halogens is 3. The third-order valence-electron chi connectivity index (χ3n) is 3.86. The zero-order chi connectivity index (χ0) is 18.4. The molecule has 1 heterocycles. The molecule has 0 aromatic heterocycles. The fraction of sp³-hybridized carbons (Fsp3) is 0.500. The summed E-state index contributed by atoms with van der Waals surface area (Å²) < 4.78 is 41.2. The molecule has 1 aromatic rings. The molecule has 1 aliphatic heterocycles. The topological polar surface area (TPSA) is 32.8 Å². The van der Waals surface area contributed by atoms with Crippen molar-refractivity contribution in [2.45, 2.75) is 20.2 Å². The van der Waals surface area contributed by atoms with Crippen LogP contribution >= 0.6 is 0 Å². The molecule has 1 aromatic carbocycles. The van der Waals surface area contributed by atoms with Crippen LogP contribution < -0.4 is 4.74 Å². The lowest BCUT2D eigenvalue weighted by molar-refractivity contribution is -0.274. The van der Waals surface area contributed by atoms with Gasteiger partial charge in [-0.15, -0.1) is 13.2 Å². The second-order valence-electron chi connectivity index (χ2n) is 6.44. The van der Waals surface area contributed by atoms with Crippen LogP contribution in [0.1, 0.15) is 19.4 Å². The van der Waals surface area contributed by atoms with Crippen LogP contribution in [0.3, 0.4) is 0 Å². The summed E-state index contributed by atoms with van der Waals surface area (Å²) in [5.74, 6) is 0.0547. The van der Waals surface area contributed by atoms with E-state index in [9.17, 15) is 18.0 Å². The highest BCUT2D eigenvalue weighted by Crippen LogP contribution is 2.27. The molecule has 2 rings (SSSR count). The van der Waals surface area contributed by atoms with Crippen LogP contribution in [0.15, 0.2) is 30.3 Å². The maximum atomic E-state index is 12.4. The summed E-state index contributed by atoms with van der Waals surface area (Å²) in [5, 5.41) is 0. The molecule has 138 valence electrons. The molecule has 1 amide bonds. The monoisotopic (exact) mass is 356 g/mol. The Bertz CT molecular complexity index is 607. The number of hydrogen-bond acceptors (Lipinski definition) is 3. The quantitative estimate of drug-likeness (QED) is 0.758. The number of piperazine rings is 1. The van der Waals surface area contributed by atoms with Crippen molar-refractivity contribution >= 4 is 12.0 Å². The highest BCUT2D eigenvalue weighted by Gasteiger charge is 2.31. The van der Waals surface area contributed by atoms with E-state index in [4.69, 9.17) is 0 Å². The molecule has 0 unspecified atom stereocenters. The molecule has 0 N–H and O–H groups in total. The Balaban J connectivity index is 1.95. The van der Waals surface area contributed by atoms with E-state index < -0.39 is 6.36 Å². The van der Waals surface area contributed by atoms with Gasteiger partial charge in [0.25, 0.3) is 0 Å². The van der Waals surface area contributed by atoms with Gasteiger partial charge in [-0.1, -0.05) is 32.0 Å².